The predicted octanol–water partition coefficient (Wildman–Crippen LogP) is 0.559. The highest BCUT2D eigenvalue weighted by Crippen LogP contribution is 2.11. The van der Waals surface area contributed by atoms with E-state index in [1.165, 1.54) is 0 Å². The molecule has 3 nitrogen and oxygen atoms in total. The highest BCUT2D eigenvalue weighted by molar-refractivity contribution is 5.73. The van der Waals surface area contributed by atoms with E-state index in [1.54, 1.807) is 6.92 Å². The molecule has 70 valence electrons. The first-order valence-corrected chi connectivity index (χ1v) is 4.61. The van der Waals surface area contributed by atoms with Crippen LogP contribution in [0.25, 0.3) is 0 Å². The minimum absolute atomic E-state index is 0.218. The molecule has 12 heavy (non-hydrogen) atoms. The van der Waals surface area contributed by atoms with Crippen molar-refractivity contribution in [3.63, 3.8) is 0 Å². The van der Waals surface area contributed by atoms with E-state index >= 15 is 0 Å². The molecule has 1 unspecified atom stereocenters. The van der Waals surface area contributed by atoms with Crippen molar-refractivity contribution in [3.8, 4) is 0 Å². The smallest absolute Gasteiger partial charge is 0.219 e. The van der Waals surface area contributed by atoms with Crippen molar-refractivity contribution in [1.29, 1.82) is 0 Å². The minimum atomic E-state index is 0.218. The van der Waals surface area contributed by atoms with E-state index in [0.29, 0.717) is 6.04 Å². The number of amides is 1. The lowest BCUT2D eigenvalue weighted by Crippen LogP contribution is -2.53. The SMILES string of the molecule is CCC1CN(C)CCN1C(C)=O. The molecule has 1 rings (SSSR count). The molecule has 0 aromatic carbocycles. The van der Waals surface area contributed by atoms with Crippen molar-refractivity contribution < 1.29 is 4.79 Å². The van der Waals surface area contributed by atoms with Crippen molar-refractivity contribution in [2.24, 2.45) is 0 Å². The van der Waals surface area contributed by atoms with Gasteiger partial charge in [0.15, 0.2) is 0 Å². The third-order valence-electron chi connectivity index (χ3n) is 2.56. The molecule has 0 radical (unpaired) electrons. The van der Waals surface area contributed by atoms with Gasteiger partial charge in [-0.2, -0.15) is 0 Å². The van der Waals surface area contributed by atoms with Gasteiger partial charge in [0.25, 0.3) is 0 Å². The summed E-state index contributed by atoms with van der Waals surface area (Å²) in [6, 6.07) is 0.432. The molecule has 1 aliphatic heterocycles. The summed E-state index contributed by atoms with van der Waals surface area (Å²) in [4.78, 5) is 15.5. The molecule has 0 N–H and O–H groups in total. The number of piperazine rings is 1. The Labute approximate surface area is 74.3 Å². The molecule has 0 aromatic rings. The predicted molar refractivity (Wildman–Crippen MR) is 49.0 cm³/mol. The van der Waals surface area contributed by atoms with Gasteiger partial charge in [-0.25, -0.2) is 0 Å². The second-order valence-electron chi connectivity index (χ2n) is 3.54. The topological polar surface area (TPSA) is 23.6 Å². The monoisotopic (exact) mass is 170 g/mol. The third-order valence-corrected chi connectivity index (χ3v) is 2.56. The zero-order valence-electron chi connectivity index (χ0n) is 8.21. The van der Waals surface area contributed by atoms with Gasteiger partial charge in [-0.3, -0.25) is 4.79 Å². The number of carbonyl (C=O) groups excluding carboxylic acids is 1. The van der Waals surface area contributed by atoms with Crippen LogP contribution in [0.2, 0.25) is 0 Å². The fourth-order valence-electron chi connectivity index (χ4n) is 1.77. The number of likely N-dealkylation sites (N-methyl/N-ethyl adjacent to an activating group) is 1. The molecule has 3 heteroatoms. The van der Waals surface area contributed by atoms with Crippen LogP contribution in [0.15, 0.2) is 0 Å². The van der Waals surface area contributed by atoms with Crippen LogP contribution in [0, 0.1) is 0 Å². The second-order valence-corrected chi connectivity index (χ2v) is 3.54. The summed E-state index contributed by atoms with van der Waals surface area (Å²) in [5.41, 5.74) is 0. The van der Waals surface area contributed by atoms with Gasteiger partial charge in [0.2, 0.25) is 5.91 Å². The fraction of sp³-hybridized carbons (Fsp3) is 0.889. The molecular formula is C9H18N2O. The third kappa shape index (κ3) is 1.97. The van der Waals surface area contributed by atoms with E-state index < -0.39 is 0 Å². The van der Waals surface area contributed by atoms with Crippen molar-refractivity contribution in [1.82, 2.24) is 9.80 Å². The molecule has 0 spiro atoms. The van der Waals surface area contributed by atoms with E-state index in [9.17, 15) is 4.79 Å². The van der Waals surface area contributed by atoms with E-state index in [4.69, 9.17) is 0 Å². The van der Waals surface area contributed by atoms with Crippen molar-refractivity contribution in [3.05, 3.63) is 0 Å². The zero-order chi connectivity index (χ0) is 9.14. The Morgan fingerprint density at radius 2 is 2.17 bits per heavy atom. The number of rotatable bonds is 1. The lowest BCUT2D eigenvalue weighted by Gasteiger charge is -2.39. The summed E-state index contributed by atoms with van der Waals surface area (Å²) in [5, 5.41) is 0. The van der Waals surface area contributed by atoms with Gasteiger partial charge in [-0.1, -0.05) is 6.92 Å². The van der Waals surface area contributed by atoms with Crippen LogP contribution in [0.5, 0.6) is 0 Å². The molecule has 0 bridgehead atoms. The van der Waals surface area contributed by atoms with Gasteiger partial charge in [0, 0.05) is 32.6 Å². The summed E-state index contributed by atoms with van der Waals surface area (Å²) < 4.78 is 0. The first-order chi connectivity index (χ1) is 5.65. The highest BCUT2D eigenvalue weighted by Gasteiger charge is 2.24. The lowest BCUT2D eigenvalue weighted by molar-refractivity contribution is -0.133. The summed E-state index contributed by atoms with van der Waals surface area (Å²) in [6.45, 7) is 6.73. The standard InChI is InChI=1S/C9H18N2O/c1-4-9-7-10(3)5-6-11(9)8(2)12/h9H,4-7H2,1-3H3. The molecule has 1 saturated heterocycles. The maximum absolute atomic E-state index is 11.2. The fourth-order valence-corrected chi connectivity index (χ4v) is 1.77. The largest absolute Gasteiger partial charge is 0.337 e. The molecule has 0 aromatic heterocycles. The minimum Gasteiger partial charge on any atom is -0.337 e. The van der Waals surface area contributed by atoms with Crippen LogP contribution in [-0.2, 0) is 4.79 Å². The Balaban J connectivity index is 2.56. The molecule has 0 aliphatic carbocycles. The molecule has 1 atom stereocenters. The zero-order valence-corrected chi connectivity index (χ0v) is 8.21. The Morgan fingerprint density at radius 3 is 2.67 bits per heavy atom. The van der Waals surface area contributed by atoms with Crippen LogP contribution in [0.1, 0.15) is 20.3 Å². The van der Waals surface area contributed by atoms with Crippen LogP contribution in [0.4, 0.5) is 0 Å². The quantitative estimate of drug-likeness (QED) is 0.574. The van der Waals surface area contributed by atoms with E-state index in [-0.39, 0.29) is 5.91 Å². The van der Waals surface area contributed by atoms with E-state index in [0.717, 1.165) is 26.1 Å². The average Bonchev–Trinajstić information content (AvgIpc) is 2.03. The molecule has 1 heterocycles. The van der Waals surface area contributed by atoms with Gasteiger partial charge in [-0.15, -0.1) is 0 Å². The van der Waals surface area contributed by atoms with Crippen LogP contribution < -0.4 is 0 Å². The molecule has 1 aliphatic rings. The van der Waals surface area contributed by atoms with Crippen molar-refractivity contribution in [2.45, 2.75) is 26.3 Å². The van der Waals surface area contributed by atoms with Crippen molar-refractivity contribution >= 4 is 5.91 Å². The summed E-state index contributed by atoms with van der Waals surface area (Å²) in [7, 11) is 2.11. The number of carbonyl (C=O) groups is 1. The summed E-state index contributed by atoms with van der Waals surface area (Å²) >= 11 is 0. The van der Waals surface area contributed by atoms with Gasteiger partial charge in [-0.05, 0) is 13.5 Å². The van der Waals surface area contributed by atoms with Gasteiger partial charge in [0.1, 0.15) is 0 Å². The van der Waals surface area contributed by atoms with Crippen LogP contribution in [-0.4, -0.2) is 48.4 Å². The number of hydrogen-bond acceptors (Lipinski definition) is 2. The van der Waals surface area contributed by atoms with E-state index in [1.807, 2.05) is 4.90 Å². The van der Waals surface area contributed by atoms with Gasteiger partial charge >= 0.3 is 0 Å². The first-order valence-electron chi connectivity index (χ1n) is 4.61. The van der Waals surface area contributed by atoms with E-state index in [2.05, 4.69) is 18.9 Å². The average molecular weight is 170 g/mol. The van der Waals surface area contributed by atoms with Gasteiger partial charge < -0.3 is 9.80 Å². The molecule has 0 saturated carbocycles. The van der Waals surface area contributed by atoms with Crippen LogP contribution >= 0.6 is 0 Å². The number of hydrogen-bond donors (Lipinski definition) is 0. The Morgan fingerprint density at radius 1 is 1.50 bits per heavy atom. The maximum atomic E-state index is 11.2. The molecular weight excluding hydrogens is 152 g/mol. The molecule has 1 amide bonds. The lowest BCUT2D eigenvalue weighted by atomic mass is 10.1. The second kappa shape index (κ2) is 3.90. The Bertz CT molecular complexity index is 170. The molecule has 1 fully saturated rings. The summed E-state index contributed by atoms with van der Waals surface area (Å²) in [6.07, 6.45) is 1.06. The maximum Gasteiger partial charge on any atom is 0.219 e. The van der Waals surface area contributed by atoms with Crippen molar-refractivity contribution in [2.75, 3.05) is 26.7 Å². The summed E-state index contributed by atoms with van der Waals surface area (Å²) in [5.74, 6) is 0.218. The van der Waals surface area contributed by atoms with Crippen LogP contribution in [0.3, 0.4) is 0 Å². The first kappa shape index (κ1) is 9.52. The van der Waals surface area contributed by atoms with Gasteiger partial charge in [0.05, 0.1) is 0 Å². The highest BCUT2D eigenvalue weighted by atomic mass is 16.2. The number of nitrogens with zero attached hydrogens (tertiary/aromatic N) is 2. The normalized spacial score (nSPS) is 25.9. The Kier molecular flexibility index (Phi) is 3.09. The Hall–Kier alpha value is -0.570.